The molecular formula is C23H24N2O4. The molecule has 0 atom stereocenters. The molecule has 0 radical (unpaired) electrons. The van der Waals surface area contributed by atoms with E-state index in [0.29, 0.717) is 41.4 Å². The molecule has 0 saturated heterocycles. The fourth-order valence-electron chi connectivity index (χ4n) is 3.32. The second-order valence-electron chi connectivity index (χ2n) is 8.22. The minimum atomic E-state index is -0.238. The van der Waals surface area contributed by atoms with Crippen molar-refractivity contribution in [1.82, 2.24) is 10.3 Å². The Hall–Kier alpha value is -3.28. The van der Waals surface area contributed by atoms with Crippen LogP contribution in [-0.4, -0.2) is 24.1 Å². The fraction of sp³-hybridized carbons (Fsp3) is 0.304. The van der Waals surface area contributed by atoms with Gasteiger partial charge in [0, 0.05) is 29.1 Å². The average molecular weight is 392 g/mol. The van der Waals surface area contributed by atoms with E-state index >= 15 is 0 Å². The molecule has 0 aliphatic carbocycles. The Morgan fingerprint density at radius 3 is 2.34 bits per heavy atom. The number of carbonyl (C=O) groups is 1. The van der Waals surface area contributed by atoms with Gasteiger partial charge in [-0.1, -0.05) is 32.9 Å². The Balaban J connectivity index is 1.52. The predicted molar refractivity (Wildman–Crippen MR) is 112 cm³/mol. The normalized spacial score (nSPS) is 13.3. The highest BCUT2D eigenvalue weighted by atomic mass is 16.6. The van der Waals surface area contributed by atoms with Crippen LogP contribution in [0, 0.1) is 0 Å². The molecule has 6 nitrogen and oxygen atoms in total. The number of hydrogen-bond acceptors (Lipinski definition) is 4. The SMILES string of the molecule is CC(C)(C)c1ccc(C(=O)NCc2cc3cc4c(cc3[nH]c2=O)OCCO4)cc1. The van der Waals surface area contributed by atoms with Crippen LogP contribution in [0.15, 0.2) is 47.3 Å². The molecule has 1 aromatic heterocycles. The summed E-state index contributed by atoms with van der Waals surface area (Å²) >= 11 is 0. The molecule has 1 amide bonds. The van der Waals surface area contributed by atoms with Crippen molar-refractivity contribution in [1.29, 1.82) is 0 Å². The van der Waals surface area contributed by atoms with E-state index < -0.39 is 0 Å². The van der Waals surface area contributed by atoms with Gasteiger partial charge in [0.15, 0.2) is 11.5 Å². The van der Waals surface area contributed by atoms with Crippen LogP contribution < -0.4 is 20.3 Å². The zero-order valence-electron chi connectivity index (χ0n) is 16.8. The number of fused-ring (bicyclic) bond motifs is 2. The number of nitrogens with one attached hydrogen (secondary N) is 2. The van der Waals surface area contributed by atoms with Crippen molar-refractivity contribution >= 4 is 16.8 Å². The summed E-state index contributed by atoms with van der Waals surface area (Å²) in [4.78, 5) is 27.8. The first kappa shape index (κ1) is 19.1. The minimum Gasteiger partial charge on any atom is -0.486 e. The number of pyridine rings is 1. The first-order chi connectivity index (χ1) is 13.8. The number of aromatic amines is 1. The van der Waals surface area contributed by atoms with Gasteiger partial charge in [0.25, 0.3) is 11.5 Å². The van der Waals surface area contributed by atoms with E-state index in [9.17, 15) is 9.59 Å². The molecule has 2 N–H and O–H groups in total. The van der Waals surface area contributed by atoms with Crippen molar-refractivity contribution in [2.24, 2.45) is 0 Å². The summed E-state index contributed by atoms with van der Waals surface area (Å²) in [5.41, 5.74) is 2.67. The van der Waals surface area contributed by atoms with Gasteiger partial charge in [-0.15, -0.1) is 0 Å². The highest BCUT2D eigenvalue weighted by molar-refractivity contribution is 5.94. The van der Waals surface area contributed by atoms with Crippen LogP contribution in [0.4, 0.5) is 0 Å². The first-order valence-electron chi connectivity index (χ1n) is 9.65. The Morgan fingerprint density at radius 1 is 1.03 bits per heavy atom. The molecule has 0 bridgehead atoms. The molecule has 0 saturated carbocycles. The molecule has 29 heavy (non-hydrogen) atoms. The van der Waals surface area contributed by atoms with E-state index in [4.69, 9.17) is 9.47 Å². The smallest absolute Gasteiger partial charge is 0.253 e. The second-order valence-corrected chi connectivity index (χ2v) is 8.22. The van der Waals surface area contributed by atoms with Gasteiger partial charge in [-0.2, -0.15) is 0 Å². The van der Waals surface area contributed by atoms with Gasteiger partial charge in [-0.3, -0.25) is 9.59 Å². The third-order valence-corrected chi connectivity index (χ3v) is 5.04. The summed E-state index contributed by atoms with van der Waals surface area (Å²) in [5.74, 6) is 1.07. The number of ether oxygens (including phenoxy) is 2. The summed E-state index contributed by atoms with van der Waals surface area (Å²) in [6.07, 6.45) is 0. The van der Waals surface area contributed by atoms with Crippen LogP contribution in [0.1, 0.15) is 42.3 Å². The summed E-state index contributed by atoms with van der Waals surface area (Å²) < 4.78 is 11.2. The van der Waals surface area contributed by atoms with Crippen molar-refractivity contribution < 1.29 is 14.3 Å². The molecule has 0 fully saturated rings. The van der Waals surface area contributed by atoms with Crippen molar-refractivity contribution in [3.8, 4) is 11.5 Å². The second kappa shape index (κ2) is 7.28. The van der Waals surface area contributed by atoms with Crippen molar-refractivity contribution in [2.75, 3.05) is 13.2 Å². The van der Waals surface area contributed by atoms with E-state index in [1.807, 2.05) is 30.3 Å². The lowest BCUT2D eigenvalue weighted by atomic mass is 9.87. The summed E-state index contributed by atoms with van der Waals surface area (Å²) in [6.45, 7) is 7.51. The standard InChI is InChI=1S/C23H24N2O4/c1-23(2,3)17-6-4-14(5-7-17)21(26)24-13-16-10-15-11-19-20(29-9-8-28-19)12-18(15)25-22(16)27/h4-7,10-12H,8-9,13H2,1-3H3,(H,24,26)(H,25,27). The number of aromatic nitrogens is 1. The number of rotatable bonds is 3. The van der Waals surface area contributed by atoms with E-state index in [1.165, 1.54) is 0 Å². The van der Waals surface area contributed by atoms with Crippen LogP contribution in [0.25, 0.3) is 10.9 Å². The topological polar surface area (TPSA) is 80.4 Å². The number of hydrogen-bond donors (Lipinski definition) is 2. The van der Waals surface area contributed by atoms with Crippen LogP contribution >= 0.6 is 0 Å². The predicted octanol–water partition coefficient (Wildman–Crippen LogP) is 3.53. The Morgan fingerprint density at radius 2 is 1.69 bits per heavy atom. The van der Waals surface area contributed by atoms with Crippen LogP contribution in [0.5, 0.6) is 11.5 Å². The van der Waals surface area contributed by atoms with Gasteiger partial charge >= 0.3 is 0 Å². The zero-order valence-corrected chi connectivity index (χ0v) is 16.8. The molecule has 2 aromatic carbocycles. The largest absolute Gasteiger partial charge is 0.486 e. The van der Waals surface area contributed by atoms with Crippen LogP contribution in [0.3, 0.4) is 0 Å². The van der Waals surface area contributed by atoms with E-state index in [0.717, 1.165) is 10.9 Å². The molecule has 3 aromatic rings. The third-order valence-electron chi connectivity index (χ3n) is 5.04. The Bertz CT molecular complexity index is 1120. The Labute approximate surface area is 168 Å². The van der Waals surface area contributed by atoms with Crippen molar-refractivity contribution in [3.05, 3.63) is 69.5 Å². The fourth-order valence-corrected chi connectivity index (χ4v) is 3.32. The van der Waals surface area contributed by atoms with Gasteiger partial charge in [-0.05, 0) is 35.2 Å². The lowest BCUT2D eigenvalue weighted by Gasteiger charge is -2.19. The average Bonchev–Trinajstić information content (AvgIpc) is 2.70. The van der Waals surface area contributed by atoms with Gasteiger partial charge in [0.1, 0.15) is 13.2 Å². The van der Waals surface area contributed by atoms with E-state index in [2.05, 4.69) is 31.1 Å². The highest BCUT2D eigenvalue weighted by Crippen LogP contribution is 2.33. The van der Waals surface area contributed by atoms with Crippen LogP contribution in [0.2, 0.25) is 0 Å². The molecule has 0 spiro atoms. The number of carbonyl (C=O) groups excluding carboxylic acids is 1. The molecule has 150 valence electrons. The van der Waals surface area contributed by atoms with Crippen molar-refractivity contribution in [3.63, 3.8) is 0 Å². The lowest BCUT2D eigenvalue weighted by molar-refractivity contribution is 0.0950. The molecule has 6 heteroatoms. The number of amides is 1. The Kier molecular flexibility index (Phi) is 4.78. The summed E-state index contributed by atoms with van der Waals surface area (Å²) in [7, 11) is 0. The van der Waals surface area contributed by atoms with Crippen molar-refractivity contribution in [2.45, 2.75) is 32.7 Å². The van der Waals surface area contributed by atoms with Gasteiger partial charge in [0.05, 0.1) is 5.52 Å². The maximum absolute atomic E-state index is 12.5. The maximum atomic E-state index is 12.5. The quantitative estimate of drug-likeness (QED) is 0.715. The summed E-state index contributed by atoms with van der Waals surface area (Å²) in [5, 5.41) is 3.65. The van der Waals surface area contributed by atoms with Gasteiger partial charge < -0.3 is 19.8 Å². The van der Waals surface area contributed by atoms with Crippen LogP contribution in [-0.2, 0) is 12.0 Å². The van der Waals surface area contributed by atoms with E-state index in [-0.39, 0.29) is 23.4 Å². The van der Waals surface area contributed by atoms with E-state index in [1.54, 1.807) is 12.1 Å². The molecule has 1 aliphatic heterocycles. The third kappa shape index (κ3) is 3.97. The molecular weight excluding hydrogens is 368 g/mol. The first-order valence-corrected chi connectivity index (χ1v) is 9.65. The molecule has 1 aliphatic rings. The molecule has 2 heterocycles. The monoisotopic (exact) mass is 392 g/mol. The van der Waals surface area contributed by atoms with Gasteiger partial charge in [-0.25, -0.2) is 0 Å². The van der Waals surface area contributed by atoms with Gasteiger partial charge in [0.2, 0.25) is 0 Å². The zero-order chi connectivity index (χ0) is 20.6. The highest BCUT2D eigenvalue weighted by Gasteiger charge is 2.16. The molecule has 4 rings (SSSR count). The number of H-pyrrole nitrogens is 1. The minimum absolute atomic E-state index is 0.0291. The lowest BCUT2D eigenvalue weighted by Crippen LogP contribution is -2.27. The molecule has 0 unspecified atom stereocenters. The maximum Gasteiger partial charge on any atom is 0.253 e. The number of benzene rings is 2. The summed E-state index contributed by atoms with van der Waals surface area (Å²) in [6, 6.07) is 12.9.